The van der Waals surface area contributed by atoms with Crippen LogP contribution in [0.15, 0.2) is 0 Å². The topological polar surface area (TPSA) is 60.9 Å². The second-order valence-corrected chi connectivity index (χ2v) is 5.51. The van der Waals surface area contributed by atoms with Crippen LogP contribution < -0.4 is 0 Å². The van der Waals surface area contributed by atoms with Crippen molar-refractivity contribution in [1.29, 1.82) is 0 Å². The second-order valence-electron chi connectivity index (χ2n) is 4.46. The molecule has 0 aromatic heterocycles. The molecule has 0 radical (unpaired) electrons. The van der Waals surface area contributed by atoms with E-state index in [0.717, 1.165) is 12.3 Å². The van der Waals surface area contributed by atoms with Gasteiger partial charge in [0.1, 0.15) is 0 Å². The van der Waals surface area contributed by atoms with E-state index in [1.54, 1.807) is 9.80 Å². The molecule has 6 heteroatoms. The molecule has 0 saturated carbocycles. The number of carbonyl (C=O) groups is 2. The van der Waals surface area contributed by atoms with Crippen molar-refractivity contribution in [3.63, 3.8) is 0 Å². The van der Waals surface area contributed by atoms with Crippen LogP contribution in [0.25, 0.3) is 0 Å². The maximum atomic E-state index is 11.9. The van der Waals surface area contributed by atoms with E-state index >= 15 is 0 Å². The van der Waals surface area contributed by atoms with E-state index < -0.39 is 0 Å². The fourth-order valence-electron chi connectivity index (χ4n) is 2.13. The average molecular weight is 258 g/mol. The number of piperidine rings is 1. The van der Waals surface area contributed by atoms with E-state index in [-0.39, 0.29) is 17.3 Å². The van der Waals surface area contributed by atoms with Crippen LogP contribution >= 0.6 is 11.8 Å². The van der Waals surface area contributed by atoms with Crippen molar-refractivity contribution >= 4 is 22.9 Å². The van der Waals surface area contributed by atoms with Crippen LogP contribution in [0.1, 0.15) is 19.3 Å². The highest BCUT2D eigenvalue weighted by atomic mass is 32.2. The summed E-state index contributed by atoms with van der Waals surface area (Å²) in [6.45, 7) is 2.57. The van der Waals surface area contributed by atoms with Crippen molar-refractivity contribution in [2.75, 3.05) is 31.9 Å². The van der Waals surface area contributed by atoms with Gasteiger partial charge in [-0.15, -0.1) is 0 Å². The molecule has 2 amide bonds. The van der Waals surface area contributed by atoms with Crippen molar-refractivity contribution < 1.29 is 14.7 Å². The van der Waals surface area contributed by atoms with Crippen molar-refractivity contribution in [2.45, 2.75) is 25.4 Å². The molecular weight excluding hydrogens is 240 g/mol. The summed E-state index contributed by atoms with van der Waals surface area (Å²) in [4.78, 5) is 26.7. The quantitative estimate of drug-likeness (QED) is 0.802. The number of aliphatic hydroxyl groups is 1. The van der Waals surface area contributed by atoms with Crippen LogP contribution in [-0.4, -0.2) is 64.1 Å². The van der Waals surface area contributed by atoms with E-state index in [9.17, 15) is 14.7 Å². The van der Waals surface area contributed by atoms with Gasteiger partial charge in [-0.05, 0) is 12.8 Å². The standard InChI is InChI=1S/C11H18N2O3S/c14-9-1-4-12(5-2-9)10(15)3-6-13-7-8-17-11(13)16/h9,14H,1-8H2. The average Bonchev–Trinajstić information content (AvgIpc) is 2.73. The summed E-state index contributed by atoms with van der Waals surface area (Å²) in [5.41, 5.74) is 0. The Hall–Kier alpha value is -0.750. The molecule has 2 aliphatic rings. The Bertz CT molecular complexity index is 303. The normalized spacial score (nSPS) is 22.3. The van der Waals surface area contributed by atoms with Gasteiger partial charge in [0.05, 0.1) is 6.10 Å². The zero-order valence-electron chi connectivity index (χ0n) is 9.80. The van der Waals surface area contributed by atoms with E-state index in [1.807, 2.05) is 0 Å². The molecule has 0 unspecified atom stereocenters. The lowest BCUT2D eigenvalue weighted by molar-refractivity contribution is -0.133. The van der Waals surface area contributed by atoms with E-state index in [1.165, 1.54) is 11.8 Å². The van der Waals surface area contributed by atoms with Crippen molar-refractivity contribution in [3.05, 3.63) is 0 Å². The first-order chi connectivity index (χ1) is 8.16. The lowest BCUT2D eigenvalue weighted by Crippen LogP contribution is -2.41. The summed E-state index contributed by atoms with van der Waals surface area (Å²) in [5.74, 6) is 0.935. The molecule has 2 aliphatic heterocycles. The maximum Gasteiger partial charge on any atom is 0.281 e. The molecular formula is C11H18N2O3S. The van der Waals surface area contributed by atoms with Crippen LogP contribution in [0.2, 0.25) is 0 Å². The predicted molar refractivity (Wildman–Crippen MR) is 65.9 cm³/mol. The third-order valence-corrected chi connectivity index (χ3v) is 4.15. The van der Waals surface area contributed by atoms with Crippen LogP contribution in [-0.2, 0) is 4.79 Å². The molecule has 0 atom stereocenters. The van der Waals surface area contributed by atoms with E-state index in [0.29, 0.717) is 38.9 Å². The first-order valence-corrected chi connectivity index (χ1v) is 7.03. The largest absolute Gasteiger partial charge is 0.393 e. The molecule has 0 bridgehead atoms. The number of amides is 2. The number of hydrogen-bond acceptors (Lipinski definition) is 4. The molecule has 5 nitrogen and oxygen atoms in total. The van der Waals surface area contributed by atoms with Gasteiger partial charge in [-0.2, -0.15) is 0 Å². The fraction of sp³-hybridized carbons (Fsp3) is 0.818. The minimum Gasteiger partial charge on any atom is -0.393 e. The zero-order chi connectivity index (χ0) is 12.3. The molecule has 2 saturated heterocycles. The third kappa shape index (κ3) is 3.35. The van der Waals surface area contributed by atoms with E-state index in [4.69, 9.17) is 0 Å². The first-order valence-electron chi connectivity index (χ1n) is 6.04. The van der Waals surface area contributed by atoms with Crippen LogP contribution in [0.5, 0.6) is 0 Å². The highest BCUT2D eigenvalue weighted by molar-refractivity contribution is 8.13. The number of rotatable bonds is 3. The Kier molecular flexibility index (Phi) is 4.28. The Morgan fingerprint density at radius 3 is 2.65 bits per heavy atom. The molecule has 0 aromatic rings. The molecule has 17 heavy (non-hydrogen) atoms. The Morgan fingerprint density at radius 2 is 2.06 bits per heavy atom. The van der Waals surface area contributed by atoms with Crippen LogP contribution in [0, 0.1) is 0 Å². The smallest absolute Gasteiger partial charge is 0.281 e. The summed E-state index contributed by atoms with van der Waals surface area (Å²) >= 11 is 1.32. The third-order valence-electron chi connectivity index (χ3n) is 3.26. The Morgan fingerprint density at radius 1 is 1.35 bits per heavy atom. The minimum atomic E-state index is -0.254. The lowest BCUT2D eigenvalue weighted by atomic mass is 10.1. The van der Waals surface area contributed by atoms with Gasteiger partial charge in [0.25, 0.3) is 5.24 Å². The molecule has 0 aromatic carbocycles. The minimum absolute atomic E-state index is 0.0897. The van der Waals surface area contributed by atoms with Gasteiger partial charge in [0.15, 0.2) is 0 Å². The number of thioether (sulfide) groups is 1. The number of nitrogens with zero attached hydrogens (tertiary/aromatic N) is 2. The highest BCUT2D eigenvalue weighted by Crippen LogP contribution is 2.18. The second kappa shape index (κ2) is 5.73. The van der Waals surface area contributed by atoms with Gasteiger partial charge < -0.3 is 14.9 Å². The fourth-order valence-corrected chi connectivity index (χ4v) is 2.98. The molecule has 96 valence electrons. The number of carbonyl (C=O) groups excluding carboxylic acids is 2. The summed E-state index contributed by atoms with van der Waals surface area (Å²) in [5, 5.41) is 9.44. The summed E-state index contributed by atoms with van der Waals surface area (Å²) in [6, 6.07) is 0. The number of hydrogen-bond donors (Lipinski definition) is 1. The van der Waals surface area contributed by atoms with E-state index in [2.05, 4.69) is 0 Å². The summed E-state index contributed by atoms with van der Waals surface area (Å²) < 4.78 is 0. The van der Waals surface area contributed by atoms with Gasteiger partial charge in [0.2, 0.25) is 5.91 Å². The molecule has 2 heterocycles. The van der Waals surface area contributed by atoms with Gasteiger partial charge >= 0.3 is 0 Å². The van der Waals surface area contributed by atoms with Gasteiger partial charge in [-0.1, -0.05) is 11.8 Å². The molecule has 1 N–H and O–H groups in total. The van der Waals surface area contributed by atoms with Crippen LogP contribution in [0.3, 0.4) is 0 Å². The van der Waals surface area contributed by atoms with Gasteiger partial charge in [-0.25, -0.2) is 0 Å². The lowest BCUT2D eigenvalue weighted by Gasteiger charge is -2.30. The monoisotopic (exact) mass is 258 g/mol. The van der Waals surface area contributed by atoms with Crippen molar-refractivity contribution in [2.24, 2.45) is 0 Å². The highest BCUT2D eigenvalue weighted by Gasteiger charge is 2.24. The molecule has 0 spiro atoms. The molecule has 0 aliphatic carbocycles. The van der Waals surface area contributed by atoms with Crippen molar-refractivity contribution in [1.82, 2.24) is 9.80 Å². The summed E-state index contributed by atoms with van der Waals surface area (Å²) in [7, 11) is 0. The predicted octanol–water partition coefficient (Wildman–Crippen LogP) is 0.529. The molecule has 2 fully saturated rings. The summed E-state index contributed by atoms with van der Waals surface area (Å²) in [6.07, 6.45) is 1.49. The van der Waals surface area contributed by atoms with Crippen LogP contribution in [0.4, 0.5) is 4.79 Å². The first kappa shape index (κ1) is 12.7. The Balaban J connectivity index is 1.72. The van der Waals surface area contributed by atoms with Gasteiger partial charge in [0, 0.05) is 38.4 Å². The molecule has 2 rings (SSSR count). The number of aliphatic hydroxyl groups excluding tert-OH is 1. The zero-order valence-corrected chi connectivity index (χ0v) is 10.6. The Labute approximate surface area is 105 Å². The SMILES string of the molecule is O=C(CCN1CCSC1=O)N1CCC(O)CC1. The maximum absolute atomic E-state index is 11.9. The van der Waals surface area contributed by atoms with Gasteiger partial charge in [-0.3, -0.25) is 9.59 Å². The number of likely N-dealkylation sites (tertiary alicyclic amines) is 1. The van der Waals surface area contributed by atoms with Crippen molar-refractivity contribution in [3.8, 4) is 0 Å².